The van der Waals surface area contributed by atoms with E-state index < -0.39 is 10.0 Å². The first-order chi connectivity index (χ1) is 17.3. The maximum Gasteiger partial charge on any atom is 0.260 e. The summed E-state index contributed by atoms with van der Waals surface area (Å²) in [6.45, 7) is 5.38. The Kier molecular flexibility index (Phi) is 6.87. The lowest BCUT2D eigenvalue weighted by atomic mass is 10.0. The van der Waals surface area contributed by atoms with Gasteiger partial charge < -0.3 is 0 Å². The second-order valence-corrected chi connectivity index (χ2v) is 12.2. The molecule has 1 amide bonds. The predicted molar refractivity (Wildman–Crippen MR) is 143 cm³/mol. The van der Waals surface area contributed by atoms with E-state index >= 15 is 0 Å². The number of hydrogen-bond acceptors (Lipinski definition) is 6. The van der Waals surface area contributed by atoms with Gasteiger partial charge in [0.15, 0.2) is 5.13 Å². The molecule has 0 N–H and O–H groups in total. The van der Waals surface area contributed by atoms with Crippen LogP contribution in [0.2, 0.25) is 0 Å². The summed E-state index contributed by atoms with van der Waals surface area (Å²) in [7, 11) is -3.59. The Hall–Kier alpha value is -3.14. The fourth-order valence-corrected chi connectivity index (χ4v) is 7.15. The second kappa shape index (κ2) is 10.1. The Balaban J connectivity index is 1.46. The van der Waals surface area contributed by atoms with Crippen LogP contribution in [0.25, 0.3) is 10.2 Å². The van der Waals surface area contributed by atoms with Crippen molar-refractivity contribution in [2.45, 2.75) is 38.1 Å². The summed E-state index contributed by atoms with van der Waals surface area (Å²) in [4.78, 5) is 24.7. The molecule has 3 heterocycles. The van der Waals surface area contributed by atoms with E-state index in [2.05, 4.69) is 11.9 Å². The molecule has 2 aromatic heterocycles. The number of benzene rings is 2. The Morgan fingerprint density at radius 3 is 2.61 bits per heavy atom. The standard InChI is InChI=1S/C27H28N4O3S2/c1-19-7-6-16-30(17-19)36(33,34)23-13-11-21(12-14-23)26(32)31(18-22-9-3-4-15-28-22)27-29-25-20(2)8-5-10-24(25)35-27/h3-5,8-15,19H,6-7,16-18H2,1-2H3. The van der Waals surface area contributed by atoms with E-state index in [9.17, 15) is 13.2 Å². The quantitative estimate of drug-likeness (QED) is 0.346. The fourth-order valence-electron chi connectivity index (χ4n) is 4.51. The van der Waals surface area contributed by atoms with Crippen molar-refractivity contribution in [1.82, 2.24) is 14.3 Å². The number of aryl methyl sites for hydroxylation is 1. The van der Waals surface area contributed by atoms with E-state index in [0.717, 1.165) is 34.3 Å². The molecule has 4 aromatic rings. The third kappa shape index (κ3) is 4.91. The molecule has 1 saturated heterocycles. The molecule has 7 nitrogen and oxygen atoms in total. The molecule has 2 aromatic carbocycles. The Bertz CT molecular complexity index is 1480. The zero-order chi connectivity index (χ0) is 25.3. The number of pyridine rings is 1. The van der Waals surface area contributed by atoms with Crippen LogP contribution in [0.1, 0.15) is 41.4 Å². The maximum atomic E-state index is 13.7. The summed E-state index contributed by atoms with van der Waals surface area (Å²) >= 11 is 1.45. The molecule has 0 spiro atoms. The normalized spacial score (nSPS) is 16.8. The van der Waals surface area contributed by atoms with Crippen LogP contribution >= 0.6 is 11.3 Å². The lowest BCUT2D eigenvalue weighted by Gasteiger charge is -2.30. The highest BCUT2D eigenvalue weighted by Crippen LogP contribution is 2.32. The summed E-state index contributed by atoms with van der Waals surface area (Å²) < 4.78 is 28.9. The minimum Gasteiger partial charge on any atom is -0.278 e. The number of rotatable bonds is 6. The van der Waals surface area contributed by atoms with Crippen LogP contribution < -0.4 is 4.90 Å². The van der Waals surface area contributed by atoms with Crippen molar-refractivity contribution in [2.75, 3.05) is 18.0 Å². The maximum absolute atomic E-state index is 13.7. The number of fused-ring (bicyclic) bond motifs is 1. The van der Waals surface area contributed by atoms with Crippen molar-refractivity contribution in [3.05, 3.63) is 83.7 Å². The Morgan fingerprint density at radius 1 is 1.11 bits per heavy atom. The highest BCUT2D eigenvalue weighted by molar-refractivity contribution is 7.89. The highest BCUT2D eigenvalue weighted by atomic mass is 32.2. The predicted octanol–water partition coefficient (Wildman–Crippen LogP) is 5.27. The summed E-state index contributed by atoms with van der Waals surface area (Å²) in [5.41, 5.74) is 3.04. The Morgan fingerprint density at radius 2 is 1.92 bits per heavy atom. The van der Waals surface area contributed by atoms with Gasteiger partial charge in [-0.25, -0.2) is 13.4 Å². The van der Waals surface area contributed by atoms with E-state index in [4.69, 9.17) is 4.98 Å². The number of para-hydroxylation sites is 1. The van der Waals surface area contributed by atoms with Crippen molar-refractivity contribution in [3.8, 4) is 0 Å². The number of thiazole rings is 1. The van der Waals surface area contributed by atoms with Crippen molar-refractivity contribution in [2.24, 2.45) is 5.92 Å². The van der Waals surface area contributed by atoms with Gasteiger partial charge in [-0.2, -0.15) is 4.31 Å². The third-order valence-electron chi connectivity index (χ3n) is 6.49. The lowest BCUT2D eigenvalue weighted by molar-refractivity contribution is 0.0984. The molecule has 0 radical (unpaired) electrons. The SMILES string of the molecule is Cc1cccc2sc(N(Cc3ccccn3)C(=O)c3ccc(S(=O)(=O)N4CCCC(C)C4)cc3)nc12. The van der Waals surface area contributed by atoms with Crippen molar-refractivity contribution < 1.29 is 13.2 Å². The molecular weight excluding hydrogens is 492 g/mol. The van der Waals surface area contributed by atoms with Crippen LogP contribution in [0.5, 0.6) is 0 Å². The number of anilines is 1. The summed E-state index contributed by atoms with van der Waals surface area (Å²) in [6, 6.07) is 17.8. The first-order valence-electron chi connectivity index (χ1n) is 12.0. The molecule has 1 unspecified atom stereocenters. The minimum absolute atomic E-state index is 0.208. The molecule has 0 saturated carbocycles. The number of amides is 1. The van der Waals surface area contributed by atoms with Gasteiger partial charge in [0.2, 0.25) is 10.0 Å². The summed E-state index contributed by atoms with van der Waals surface area (Å²) in [5, 5.41) is 0.578. The van der Waals surface area contributed by atoms with E-state index in [-0.39, 0.29) is 17.3 Å². The zero-order valence-corrected chi connectivity index (χ0v) is 21.9. The summed E-state index contributed by atoms with van der Waals surface area (Å²) in [6.07, 6.45) is 3.60. The third-order valence-corrected chi connectivity index (χ3v) is 9.41. The molecular formula is C27H28N4O3S2. The number of piperidine rings is 1. The van der Waals surface area contributed by atoms with Gasteiger partial charge in [0.05, 0.1) is 27.4 Å². The summed E-state index contributed by atoms with van der Waals surface area (Å²) in [5.74, 6) is 0.0832. The van der Waals surface area contributed by atoms with Crippen LogP contribution in [-0.4, -0.2) is 41.7 Å². The first-order valence-corrected chi connectivity index (χ1v) is 14.3. The molecule has 1 fully saturated rings. The van der Waals surface area contributed by atoms with Gasteiger partial charge in [-0.15, -0.1) is 0 Å². The van der Waals surface area contributed by atoms with Gasteiger partial charge in [0.25, 0.3) is 5.91 Å². The second-order valence-electron chi connectivity index (χ2n) is 9.27. The largest absolute Gasteiger partial charge is 0.278 e. The lowest BCUT2D eigenvalue weighted by Crippen LogP contribution is -2.39. The van der Waals surface area contributed by atoms with Crippen LogP contribution in [-0.2, 0) is 16.6 Å². The van der Waals surface area contributed by atoms with Gasteiger partial charge in [0, 0.05) is 24.8 Å². The van der Waals surface area contributed by atoms with Gasteiger partial charge in [-0.1, -0.05) is 36.5 Å². The number of carbonyl (C=O) groups is 1. The van der Waals surface area contributed by atoms with E-state index in [1.165, 1.54) is 23.5 Å². The van der Waals surface area contributed by atoms with E-state index in [1.54, 1.807) is 27.5 Å². The number of hydrogen-bond donors (Lipinski definition) is 0. The smallest absolute Gasteiger partial charge is 0.260 e. The van der Waals surface area contributed by atoms with Crippen molar-refractivity contribution in [3.63, 3.8) is 0 Å². The van der Waals surface area contributed by atoms with Gasteiger partial charge in [0.1, 0.15) is 0 Å². The average Bonchev–Trinajstić information content (AvgIpc) is 3.33. The van der Waals surface area contributed by atoms with Gasteiger partial charge in [-0.05, 0) is 73.7 Å². The van der Waals surface area contributed by atoms with Crippen molar-refractivity contribution >= 4 is 42.6 Å². The number of carbonyl (C=O) groups excluding carboxylic acids is 1. The first kappa shape index (κ1) is 24.5. The number of nitrogens with zero attached hydrogens (tertiary/aromatic N) is 4. The molecule has 9 heteroatoms. The van der Waals surface area contributed by atoms with Crippen LogP contribution in [0.4, 0.5) is 5.13 Å². The van der Waals surface area contributed by atoms with Crippen LogP contribution in [0.15, 0.2) is 71.8 Å². The molecule has 1 atom stereocenters. The van der Waals surface area contributed by atoms with Gasteiger partial charge >= 0.3 is 0 Å². The topological polar surface area (TPSA) is 83.5 Å². The molecule has 186 valence electrons. The van der Waals surface area contributed by atoms with Crippen molar-refractivity contribution in [1.29, 1.82) is 0 Å². The molecule has 5 rings (SSSR count). The fraction of sp³-hybridized carbons (Fsp3) is 0.296. The Labute approximate surface area is 215 Å². The molecule has 1 aliphatic heterocycles. The van der Waals surface area contributed by atoms with E-state index in [1.807, 2.05) is 43.3 Å². The average molecular weight is 521 g/mol. The molecule has 0 bridgehead atoms. The van der Waals surface area contributed by atoms with Crippen LogP contribution in [0, 0.1) is 12.8 Å². The zero-order valence-electron chi connectivity index (χ0n) is 20.3. The van der Waals surface area contributed by atoms with E-state index in [0.29, 0.717) is 29.7 Å². The minimum atomic E-state index is -3.59. The van der Waals surface area contributed by atoms with Crippen LogP contribution in [0.3, 0.4) is 0 Å². The highest BCUT2D eigenvalue weighted by Gasteiger charge is 2.29. The molecule has 36 heavy (non-hydrogen) atoms. The monoisotopic (exact) mass is 520 g/mol. The van der Waals surface area contributed by atoms with Gasteiger partial charge in [-0.3, -0.25) is 14.7 Å². The molecule has 0 aliphatic carbocycles. The molecule has 1 aliphatic rings. The number of sulfonamides is 1. The number of aromatic nitrogens is 2.